The SMILES string of the molecule is Cc1ccc(OCCn2c(CCCNC(=O)c3ccc(C)cc3C)nc3ccccc32)c(C)c1. The molecule has 0 saturated carbocycles. The minimum absolute atomic E-state index is 0.0205. The second-order valence-corrected chi connectivity index (χ2v) is 8.96. The number of hydrogen-bond donors (Lipinski definition) is 1. The van der Waals surface area contributed by atoms with Gasteiger partial charge < -0.3 is 14.6 Å². The molecule has 5 heteroatoms. The molecule has 176 valence electrons. The second kappa shape index (κ2) is 10.6. The smallest absolute Gasteiger partial charge is 0.251 e. The Morgan fingerprint density at radius 1 is 0.941 bits per heavy atom. The lowest BCUT2D eigenvalue weighted by molar-refractivity contribution is 0.0952. The van der Waals surface area contributed by atoms with Crippen molar-refractivity contribution in [3.05, 3.63) is 94.3 Å². The zero-order chi connectivity index (χ0) is 24.1. The third-order valence-electron chi connectivity index (χ3n) is 6.13. The monoisotopic (exact) mass is 455 g/mol. The number of para-hydroxylation sites is 2. The van der Waals surface area contributed by atoms with Crippen LogP contribution in [0.5, 0.6) is 5.75 Å². The van der Waals surface area contributed by atoms with Crippen molar-refractivity contribution in [2.45, 2.75) is 47.1 Å². The van der Waals surface area contributed by atoms with E-state index in [9.17, 15) is 4.79 Å². The Kier molecular flexibility index (Phi) is 7.31. The van der Waals surface area contributed by atoms with Crippen LogP contribution in [0.2, 0.25) is 0 Å². The predicted octanol–water partition coefficient (Wildman–Crippen LogP) is 5.71. The molecular weight excluding hydrogens is 422 g/mol. The van der Waals surface area contributed by atoms with E-state index in [2.05, 4.69) is 41.9 Å². The fourth-order valence-corrected chi connectivity index (χ4v) is 4.39. The first-order valence-electron chi connectivity index (χ1n) is 11.9. The van der Waals surface area contributed by atoms with Crippen LogP contribution < -0.4 is 10.1 Å². The Bertz CT molecular complexity index is 1310. The van der Waals surface area contributed by atoms with Crippen molar-refractivity contribution >= 4 is 16.9 Å². The molecule has 5 nitrogen and oxygen atoms in total. The summed E-state index contributed by atoms with van der Waals surface area (Å²) in [5, 5.41) is 3.06. The summed E-state index contributed by atoms with van der Waals surface area (Å²) in [4.78, 5) is 17.4. The van der Waals surface area contributed by atoms with E-state index < -0.39 is 0 Å². The molecule has 0 aliphatic rings. The molecule has 1 amide bonds. The zero-order valence-corrected chi connectivity index (χ0v) is 20.5. The van der Waals surface area contributed by atoms with E-state index in [0.29, 0.717) is 13.2 Å². The number of aromatic nitrogens is 2. The number of carbonyl (C=O) groups excluding carboxylic acids is 1. The van der Waals surface area contributed by atoms with Gasteiger partial charge in [0.25, 0.3) is 5.91 Å². The minimum Gasteiger partial charge on any atom is -0.491 e. The van der Waals surface area contributed by atoms with Gasteiger partial charge in [0.15, 0.2) is 0 Å². The molecule has 1 N–H and O–H groups in total. The number of amides is 1. The van der Waals surface area contributed by atoms with Gasteiger partial charge in [0.1, 0.15) is 18.2 Å². The van der Waals surface area contributed by atoms with Gasteiger partial charge in [-0.15, -0.1) is 0 Å². The summed E-state index contributed by atoms with van der Waals surface area (Å²) in [6.07, 6.45) is 1.60. The second-order valence-electron chi connectivity index (χ2n) is 8.96. The number of benzene rings is 3. The number of hydrogen-bond acceptors (Lipinski definition) is 3. The van der Waals surface area contributed by atoms with E-state index in [1.807, 2.05) is 56.3 Å². The van der Waals surface area contributed by atoms with Crippen molar-refractivity contribution < 1.29 is 9.53 Å². The van der Waals surface area contributed by atoms with Gasteiger partial charge in [0.2, 0.25) is 0 Å². The molecule has 4 aromatic rings. The van der Waals surface area contributed by atoms with Gasteiger partial charge in [0.05, 0.1) is 17.6 Å². The molecule has 3 aromatic carbocycles. The molecule has 0 radical (unpaired) electrons. The van der Waals surface area contributed by atoms with Gasteiger partial charge in [0, 0.05) is 18.5 Å². The molecule has 0 unspecified atom stereocenters. The lowest BCUT2D eigenvalue weighted by Gasteiger charge is -2.13. The van der Waals surface area contributed by atoms with Gasteiger partial charge in [-0.1, -0.05) is 47.5 Å². The van der Waals surface area contributed by atoms with Crippen molar-refractivity contribution in [2.24, 2.45) is 0 Å². The molecular formula is C29H33N3O2. The van der Waals surface area contributed by atoms with Crippen molar-refractivity contribution in [2.75, 3.05) is 13.2 Å². The van der Waals surface area contributed by atoms with Crippen LogP contribution in [0.25, 0.3) is 11.0 Å². The third-order valence-corrected chi connectivity index (χ3v) is 6.13. The van der Waals surface area contributed by atoms with Gasteiger partial charge in [-0.05, 0) is 69.5 Å². The Labute approximate surface area is 201 Å². The number of fused-ring (bicyclic) bond motifs is 1. The lowest BCUT2D eigenvalue weighted by Crippen LogP contribution is -2.25. The fourth-order valence-electron chi connectivity index (χ4n) is 4.39. The van der Waals surface area contributed by atoms with E-state index >= 15 is 0 Å². The summed E-state index contributed by atoms with van der Waals surface area (Å²) < 4.78 is 8.33. The molecule has 0 saturated heterocycles. The minimum atomic E-state index is -0.0205. The maximum atomic E-state index is 12.6. The molecule has 1 aromatic heterocycles. The standard InChI is InChI=1S/C29H33N3O2/c1-20-11-13-24(22(3)18-20)29(33)30-15-7-10-28-31-25-8-5-6-9-26(25)32(28)16-17-34-27-14-12-21(2)19-23(27)4/h5-6,8-9,11-14,18-19H,7,10,15-17H2,1-4H3,(H,30,33). The number of ether oxygens (including phenoxy) is 1. The Morgan fingerprint density at radius 3 is 2.44 bits per heavy atom. The van der Waals surface area contributed by atoms with Crippen LogP contribution in [0.4, 0.5) is 0 Å². The van der Waals surface area contributed by atoms with E-state index in [-0.39, 0.29) is 5.91 Å². The van der Waals surface area contributed by atoms with Crippen molar-refractivity contribution in [1.29, 1.82) is 0 Å². The fraction of sp³-hybridized carbons (Fsp3) is 0.310. The highest BCUT2D eigenvalue weighted by Crippen LogP contribution is 2.20. The van der Waals surface area contributed by atoms with Gasteiger partial charge in [-0.3, -0.25) is 4.79 Å². The molecule has 0 atom stereocenters. The van der Waals surface area contributed by atoms with Crippen molar-refractivity contribution in [3.8, 4) is 5.75 Å². The first-order valence-corrected chi connectivity index (χ1v) is 11.9. The van der Waals surface area contributed by atoms with Crippen LogP contribution in [0.15, 0.2) is 60.7 Å². The number of imidazole rings is 1. The Morgan fingerprint density at radius 2 is 1.68 bits per heavy atom. The normalized spacial score (nSPS) is 11.1. The van der Waals surface area contributed by atoms with Crippen LogP contribution in [0.1, 0.15) is 44.9 Å². The Balaban J connectivity index is 1.38. The van der Waals surface area contributed by atoms with Crippen molar-refractivity contribution in [1.82, 2.24) is 14.9 Å². The number of nitrogens with one attached hydrogen (secondary N) is 1. The number of nitrogens with zero attached hydrogens (tertiary/aromatic N) is 2. The third kappa shape index (κ3) is 5.48. The van der Waals surface area contributed by atoms with Gasteiger partial charge >= 0.3 is 0 Å². The first kappa shape index (κ1) is 23.6. The van der Waals surface area contributed by atoms with Gasteiger partial charge in [-0.25, -0.2) is 4.98 Å². The molecule has 1 heterocycles. The maximum absolute atomic E-state index is 12.6. The average Bonchev–Trinajstić information content (AvgIpc) is 3.15. The Hall–Kier alpha value is -3.60. The highest BCUT2D eigenvalue weighted by Gasteiger charge is 2.12. The summed E-state index contributed by atoms with van der Waals surface area (Å²) in [6.45, 7) is 10.1. The van der Waals surface area contributed by atoms with E-state index in [1.165, 1.54) is 5.56 Å². The van der Waals surface area contributed by atoms with Crippen LogP contribution in [0.3, 0.4) is 0 Å². The largest absolute Gasteiger partial charge is 0.491 e. The highest BCUT2D eigenvalue weighted by molar-refractivity contribution is 5.95. The quantitative estimate of drug-likeness (QED) is 0.329. The summed E-state index contributed by atoms with van der Waals surface area (Å²) in [6, 6.07) is 20.4. The van der Waals surface area contributed by atoms with E-state index in [0.717, 1.165) is 64.2 Å². The summed E-state index contributed by atoms with van der Waals surface area (Å²) >= 11 is 0. The maximum Gasteiger partial charge on any atom is 0.251 e. The lowest BCUT2D eigenvalue weighted by atomic mass is 10.1. The molecule has 4 rings (SSSR count). The molecule has 34 heavy (non-hydrogen) atoms. The topological polar surface area (TPSA) is 56.1 Å². The van der Waals surface area contributed by atoms with Crippen molar-refractivity contribution in [3.63, 3.8) is 0 Å². The predicted molar refractivity (Wildman–Crippen MR) is 138 cm³/mol. The highest BCUT2D eigenvalue weighted by atomic mass is 16.5. The summed E-state index contributed by atoms with van der Waals surface area (Å²) in [5.41, 5.74) is 7.39. The number of aryl methyl sites for hydroxylation is 5. The molecule has 0 bridgehead atoms. The number of rotatable bonds is 9. The van der Waals surface area contributed by atoms with E-state index in [1.54, 1.807) is 0 Å². The molecule has 0 aliphatic heterocycles. The van der Waals surface area contributed by atoms with Gasteiger partial charge in [-0.2, -0.15) is 0 Å². The van der Waals surface area contributed by atoms with E-state index in [4.69, 9.17) is 9.72 Å². The average molecular weight is 456 g/mol. The van der Waals surface area contributed by atoms with Crippen LogP contribution >= 0.6 is 0 Å². The zero-order valence-electron chi connectivity index (χ0n) is 20.5. The first-order chi connectivity index (χ1) is 16.4. The number of carbonyl (C=O) groups is 1. The van der Waals surface area contributed by atoms with Crippen LogP contribution in [-0.2, 0) is 13.0 Å². The summed E-state index contributed by atoms with van der Waals surface area (Å²) in [5.74, 6) is 1.92. The van der Waals surface area contributed by atoms with Crippen LogP contribution in [0, 0.1) is 27.7 Å². The molecule has 0 spiro atoms. The molecule has 0 aliphatic carbocycles. The summed E-state index contributed by atoms with van der Waals surface area (Å²) in [7, 11) is 0. The van der Waals surface area contributed by atoms with Crippen LogP contribution in [-0.4, -0.2) is 28.6 Å². The molecule has 0 fully saturated rings.